The normalized spacial score (nSPS) is 18.9. The van der Waals surface area contributed by atoms with E-state index in [1.54, 1.807) is 6.20 Å². The van der Waals surface area contributed by atoms with Gasteiger partial charge in [-0.15, -0.1) is 0 Å². The van der Waals surface area contributed by atoms with Crippen molar-refractivity contribution >= 4 is 6.03 Å². The molecular weight excluding hydrogens is 254 g/mol. The number of carbonyl (C=O) groups excluding carboxylic acids is 1. The summed E-state index contributed by atoms with van der Waals surface area (Å²) in [6.07, 6.45) is 5.60. The molecule has 1 saturated heterocycles. The molecule has 0 radical (unpaired) electrons. The fraction of sp³-hybridized carbons (Fsp3) is 0.600. The molecule has 1 aliphatic rings. The molecule has 2 rings (SSSR count). The quantitative estimate of drug-likeness (QED) is 0.912. The average Bonchev–Trinajstić information content (AvgIpc) is 2.49. The summed E-state index contributed by atoms with van der Waals surface area (Å²) in [6, 6.07) is 2.02. The van der Waals surface area contributed by atoms with Crippen LogP contribution in [0.3, 0.4) is 0 Å². The third-order valence-electron chi connectivity index (χ3n) is 3.69. The maximum atomic E-state index is 12.1. The number of amides is 2. The Balaban J connectivity index is 1.76. The number of hydrogen-bond donors (Lipinski definition) is 1. The van der Waals surface area contributed by atoms with Gasteiger partial charge in [-0.1, -0.05) is 6.92 Å². The van der Waals surface area contributed by atoms with Gasteiger partial charge in [-0.25, -0.2) is 4.79 Å². The van der Waals surface area contributed by atoms with Crippen LogP contribution < -0.4 is 5.32 Å². The van der Waals surface area contributed by atoms with Gasteiger partial charge in [-0.05, 0) is 37.0 Å². The number of pyridine rings is 1. The molecule has 0 saturated carbocycles. The molecule has 1 aliphatic heterocycles. The fourth-order valence-electron chi connectivity index (χ4n) is 2.35. The molecule has 1 unspecified atom stereocenters. The minimum Gasteiger partial charge on any atom is -0.375 e. The van der Waals surface area contributed by atoms with E-state index in [1.165, 1.54) is 11.1 Å². The molecule has 5 nitrogen and oxygen atoms in total. The monoisotopic (exact) mass is 277 g/mol. The fourth-order valence-corrected chi connectivity index (χ4v) is 2.35. The van der Waals surface area contributed by atoms with Crippen LogP contribution in [0.5, 0.6) is 0 Å². The van der Waals surface area contributed by atoms with Crippen molar-refractivity contribution in [3.05, 3.63) is 29.6 Å². The number of urea groups is 1. The largest absolute Gasteiger partial charge is 0.375 e. The summed E-state index contributed by atoms with van der Waals surface area (Å²) in [5.41, 5.74) is 2.40. The third kappa shape index (κ3) is 3.93. The summed E-state index contributed by atoms with van der Waals surface area (Å²) in [5, 5.41) is 2.98. The summed E-state index contributed by atoms with van der Waals surface area (Å²) in [4.78, 5) is 18.0. The topological polar surface area (TPSA) is 54.5 Å². The van der Waals surface area contributed by atoms with Gasteiger partial charge in [0, 0.05) is 32.0 Å². The van der Waals surface area contributed by atoms with Crippen LogP contribution in [0.2, 0.25) is 0 Å². The Morgan fingerprint density at radius 2 is 2.45 bits per heavy atom. The zero-order valence-electron chi connectivity index (χ0n) is 12.3. The minimum absolute atomic E-state index is 0.0125. The van der Waals surface area contributed by atoms with Gasteiger partial charge in [-0.2, -0.15) is 0 Å². The number of ether oxygens (including phenoxy) is 1. The van der Waals surface area contributed by atoms with Gasteiger partial charge in [0.25, 0.3) is 0 Å². The minimum atomic E-state index is 0.0125. The number of nitrogens with zero attached hydrogens (tertiary/aromatic N) is 2. The zero-order valence-corrected chi connectivity index (χ0v) is 12.3. The molecule has 2 heterocycles. The highest BCUT2D eigenvalue weighted by Gasteiger charge is 2.22. The molecule has 20 heavy (non-hydrogen) atoms. The number of aromatic nitrogens is 1. The summed E-state index contributed by atoms with van der Waals surface area (Å²) < 4.78 is 5.57. The van der Waals surface area contributed by atoms with Crippen LogP contribution in [-0.4, -0.2) is 48.3 Å². The number of rotatable bonds is 4. The van der Waals surface area contributed by atoms with Gasteiger partial charge in [0.15, 0.2) is 0 Å². The smallest absolute Gasteiger partial charge is 0.317 e. The molecule has 5 heteroatoms. The first kappa shape index (κ1) is 14.8. The van der Waals surface area contributed by atoms with Gasteiger partial charge in [-0.3, -0.25) is 4.98 Å². The van der Waals surface area contributed by atoms with Gasteiger partial charge in [0.1, 0.15) is 0 Å². The maximum absolute atomic E-state index is 12.1. The molecule has 0 aromatic carbocycles. The van der Waals surface area contributed by atoms with Crippen molar-refractivity contribution in [1.82, 2.24) is 15.2 Å². The van der Waals surface area contributed by atoms with E-state index in [4.69, 9.17) is 4.74 Å². The molecule has 0 spiro atoms. The van der Waals surface area contributed by atoms with Crippen molar-refractivity contribution in [3.8, 4) is 0 Å². The molecule has 0 bridgehead atoms. The lowest BCUT2D eigenvalue weighted by Crippen LogP contribution is -2.49. The SMILES string of the molecule is CCC1CN(C(=O)NCCc2ccncc2C)CCO1. The second kappa shape index (κ2) is 7.24. The van der Waals surface area contributed by atoms with Crippen molar-refractivity contribution < 1.29 is 9.53 Å². The van der Waals surface area contributed by atoms with Crippen molar-refractivity contribution in [2.75, 3.05) is 26.2 Å². The van der Waals surface area contributed by atoms with Crippen LogP contribution in [0.1, 0.15) is 24.5 Å². The molecule has 1 N–H and O–H groups in total. The first-order valence-electron chi connectivity index (χ1n) is 7.24. The van der Waals surface area contributed by atoms with Crippen molar-refractivity contribution in [2.45, 2.75) is 32.8 Å². The molecule has 1 fully saturated rings. The van der Waals surface area contributed by atoms with Gasteiger partial charge >= 0.3 is 6.03 Å². The zero-order chi connectivity index (χ0) is 14.4. The van der Waals surface area contributed by atoms with E-state index >= 15 is 0 Å². The first-order chi connectivity index (χ1) is 9.70. The number of nitrogens with one attached hydrogen (secondary N) is 1. The van der Waals surface area contributed by atoms with Crippen LogP contribution in [-0.2, 0) is 11.2 Å². The lowest BCUT2D eigenvalue weighted by Gasteiger charge is -2.32. The van der Waals surface area contributed by atoms with Crippen LogP contribution in [0.15, 0.2) is 18.5 Å². The van der Waals surface area contributed by atoms with Crippen molar-refractivity contribution in [3.63, 3.8) is 0 Å². The molecule has 1 atom stereocenters. The summed E-state index contributed by atoms with van der Waals surface area (Å²) in [5.74, 6) is 0. The molecule has 1 aromatic heterocycles. The van der Waals surface area contributed by atoms with E-state index in [0.717, 1.165) is 12.8 Å². The molecule has 2 amide bonds. The Morgan fingerprint density at radius 1 is 1.60 bits per heavy atom. The second-order valence-corrected chi connectivity index (χ2v) is 5.13. The van der Waals surface area contributed by atoms with Crippen LogP contribution >= 0.6 is 0 Å². The van der Waals surface area contributed by atoms with Gasteiger partial charge in [0.05, 0.1) is 12.7 Å². The number of hydrogen-bond acceptors (Lipinski definition) is 3. The van der Waals surface area contributed by atoms with E-state index in [0.29, 0.717) is 26.2 Å². The molecule has 110 valence electrons. The van der Waals surface area contributed by atoms with Crippen LogP contribution in [0.4, 0.5) is 4.79 Å². The highest BCUT2D eigenvalue weighted by atomic mass is 16.5. The van der Waals surface area contributed by atoms with E-state index in [2.05, 4.69) is 17.2 Å². The second-order valence-electron chi connectivity index (χ2n) is 5.13. The Labute approximate surface area is 120 Å². The Bertz CT molecular complexity index is 450. The standard InChI is InChI=1S/C15H23N3O2/c1-3-14-11-18(8-9-20-14)15(19)17-7-5-13-4-6-16-10-12(13)2/h4,6,10,14H,3,5,7-9,11H2,1-2H3,(H,17,19). The number of aryl methyl sites for hydroxylation is 1. The predicted octanol–water partition coefficient (Wildman–Crippen LogP) is 1.75. The van der Waals surface area contributed by atoms with Crippen molar-refractivity contribution in [1.29, 1.82) is 0 Å². The lowest BCUT2D eigenvalue weighted by molar-refractivity contribution is -0.0153. The number of morpholine rings is 1. The molecule has 1 aromatic rings. The summed E-state index contributed by atoms with van der Waals surface area (Å²) >= 11 is 0. The highest BCUT2D eigenvalue weighted by molar-refractivity contribution is 5.74. The Morgan fingerprint density at radius 3 is 3.20 bits per heavy atom. The summed E-state index contributed by atoms with van der Waals surface area (Å²) in [6.45, 7) is 6.77. The molecular formula is C15H23N3O2. The van der Waals surface area contributed by atoms with Crippen molar-refractivity contribution in [2.24, 2.45) is 0 Å². The van der Waals surface area contributed by atoms with Crippen LogP contribution in [0, 0.1) is 6.92 Å². The van der Waals surface area contributed by atoms with Gasteiger partial charge < -0.3 is 15.0 Å². The third-order valence-corrected chi connectivity index (χ3v) is 3.69. The van der Waals surface area contributed by atoms with E-state index in [-0.39, 0.29) is 12.1 Å². The summed E-state index contributed by atoms with van der Waals surface area (Å²) in [7, 11) is 0. The first-order valence-corrected chi connectivity index (χ1v) is 7.24. The van der Waals surface area contributed by atoms with E-state index in [9.17, 15) is 4.79 Å². The Hall–Kier alpha value is -1.62. The maximum Gasteiger partial charge on any atom is 0.317 e. The highest BCUT2D eigenvalue weighted by Crippen LogP contribution is 2.08. The van der Waals surface area contributed by atoms with E-state index in [1.807, 2.05) is 24.1 Å². The molecule has 0 aliphatic carbocycles. The van der Waals surface area contributed by atoms with Gasteiger partial charge in [0.2, 0.25) is 0 Å². The number of carbonyl (C=O) groups is 1. The Kier molecular flexibility index (Phi) is 5.35. The lowest BCUT2D eigenvalue weighted by atomic mass is 10.1. The van der Waals surface area contributed by atoms with E-state index < -0.39 is 0 Å². The average molecular weight is 277 g/mol. The predicted molar refractivity (Wildman–Crippen MR) is 77.7 cm³/mol. The van der Waals surface area contributed by atoms with Crippen LogP contribution in [0.25, 0.3) is 0 Å².